The lowest BCUT2D eigenvalue weighted by atomic mass is 9.86. The van der Waals surface area contributed by atoms with E-state index in [-0.39, 0.29) is 19.2 Å². The minimum Gasteiger partial charge on any atom is -0.454 e. The molecular formula is C22H32N2O4. The highest BCUT2D eigenvalue weighted by molar-refractivity contribution is 5.86. The van der Waals surface area contributed by atoms with E-state index in [1.54, 1.807) is 0 Å². The van der Waals surface area contributed by atoms with Crippen molar-refractivity contribution in [2.45, 2.75) is 63.5 Å². The Morgan fingerprint density at radius 1 is 1.14 bits per heavy atom. The van der Waals surface area contributed by atoms with Crippen molar-refractivity contribution in [3.63, 3.8) is 0 Å². The van der Waals surface area contributed by atoms with Crippen molar-refractivity contribution in [1.82, 2.24) is 10.2 Å². The van der Waals surface area contributed by atoms with Crippen molar-refractivity contribution in [1.29, 1.82) is 0 Å². The molecule has 6 nitrogen and oxygen atoms in total. The standard InChI is InChI=1S/C22H32N2O4/c25-21-22(26,10-4-11-24(21)12-9-17-5-2-1-3-6-17)15-23-14-18-7-8-19-20(13-18)28-16-27-19/h7-8,13,17,23,26H,1-6,9-12,14-16H2/t22-/m1/s1. The Kier molecular flexibility index (Phi) is 6.07. The zero-order chi connectivity index (χ0) is 19.4. The molecule has 1 aliphatic carbocycles. The van der Waals surface area contributed by atoms with E-state index < -0.39 is 5.60 Å². The van der Waals surface area contributed by atoms with E-state index in [0.29, 0.717) is 13.0 Å². The average molecular weight is 389 g/mol. The molecule has 0 bridgehead atoms. The summed E-state index contributed by atoms with van der Waals surface area (Å²) in [5, 5.41) is 14.2. The fraction of sp³-hybridized carbons (Fsp3) is 0.682. The lowest BCUT2D eigenvalue weighted by Crippen LogP contribution is -2.58. The van der Waals surface area contributed by atoms with Crippen LogP contribution in [0.4, 0.5) is 0 Å². The summed E-state index contributed by atoms with van der Waals surface area (Å²) < 4.78 is 10.7. The third kappa shape index (κ3) is 4.44. The van der Waals surface area contributed by atoms with Gasteiger partial charge in [-0.05, 0) is 42.9 Å². The Morgan fingerprint density at radius 3 is 2.82 bits per heavy atom. The van der Waals surface area contributed by atoms with Gasteiger partial charge in [0.25, 0.3) is 5.91 Å². The van der Waals surface area contributed by atoms with Gasteiger partial charge in [-0.15, -0.1) is 0 Å². The maximum atomic E-state index is 12.9. The summed E-state index contributed by atoms with van der Waals surface area (Å²) in [5.41, 5.74) is -0.244. The molecule has 1 aromatic carbocycles. The number of hydrogen-bond donors (Lipinski definition) is 2. The van der Waals surface area contributed by atoms with E-state index in [1.807, 2.05) is 23.1 Å². The van der Waals surface area contributed by atoms with Crippen LogP contribution in [0.25, 0.3) is 0 Å². The Bertz CT molecular complexity index is 689. The molecule has 3 aliphatic rings. The average Bonchev–Trinajstić information content (AvgIpc) is 3.18. The number of ether oxygens (including phenoxy) is 2. The summed E-state index contributed by atoms with van der Waals surface area (Å²) in [6.07, 6.45) is 9.06. The molecule has 6 heteroatoms. The maximum absolute atomic E-state index is 12.9. The van der Waals surface area contributed by atoms with E-state index in [2.05, 4.69) is 5.32 Å². The van der Waals surface area contributed by atoms with Crippen molar-refractivity contribution >= 4 is 5.91 Å². The Hall–Kier alpha value is -1.79. The predicted octanol–water partition coefficient (Wildman–Crippen LogP) is 2.83. The van der Waals surface area contributed by atoms with Crippen LogP contribution in [-0.4, -0.2) is 47.9 Å². The van der Waals surface area contributed by atoms with Crippen LogP contribution in [0.1, 0.15) is 56.9 Å². The molecule has 2 N–H and O–H groups in total. The lowest BCUT2D eigenvalue weighted by molar-refractivity contribution is -0.156. The molecule has 2 fully saturated rings. The topological polar surface area (TPSA) is 71.0 Å². The molecule has 154 valence electrons. The number of benzene rings is 1. The number of fused-ring (bicyclic) bond motifs is 1. The largest absolute Gasteiger partial charge is 0.454 e. The van der Waals surface area contributed by atoms with Crippen LogP contribution in [0.3, 0.4) is 0 Å². The number of carbonyl (C=O) groups is 1. The molecular weight excluding hydrogens is 356 g/mol. The van der Waals surface area contributed by atoms with Crippen LogP contribution in [0.2, 0.25) is 0 Å². The fourth-order valence-corrected chi connectivity index (χ4v) is 4.72. The van der Waals surface area contributed by atoms with Crippen LogP contribution < -0.4 is 14.8 Å². The lowest BCUT2D eigenvalue weighted by Gasteiger charge is -2.39. The van der Waals surface area contributed by atoms with E-state index in [4.69, 9.17) is 9.47 Å². The maximum Gasteiger partial charge on any atom is 0.255 e. The first-order valence-electron chi connectivity index (χ1n) is 10.7. The molecule has 1 aromatic rings. The molecule has 28 heavy (non-hydrogen) atoms. The SMILES string of the molecule is O=C1N(CCC2CCCCC2)CCC[C@@]1(O)CNCc1ccc2c(c1)OCO2. The fourth-order valence-electron chi connectivity index (χ4n) is 4.72. The second kappa shape index (κ2) is 8.70. The summed E-state index contributed by atoms with van der Waals surface area (Å²) in [7, 11) is 0. The molecule has 2 heterocycles. The van der Waals surface area contributed by atoms with Crippen molar-refractivity contribution < 1.29 is 19.4 Å². The monoisotopic (exact) mass is 388 g/mol. The van der Waals surface area contributed by atoms with Gasteiger partial charge in [0.2, 0.25) is 6.79 Å². The molecule has 2 aliphatic heterocycles. The Balaban J connectivity index is 1.27. The summed E-state index contributed by atoms with van der Waals surface area (Å²) in [6, 6.07) is 5.81. The normalized spacial score (nSPS) is 25.3. The summed E-state index contributed by atoms with van der Waals surface area (Å²) in [6.45, 7) is 2.68. The molecule has 1 amide bonds. The van der Waals surface area contributed by atoms with Crippen LogP contribution in [0.5, 0.6) is 11.5 Å². The van der Waals surface area contributed by atoms with Gasteiger partial charge in [0.15, 0.2) is 17.1 Å². The quantitative estimate of drug-likeness (QED) is 0.752. The number of nitrogens with one attached hydrogen (secondary N) is 1. The number of piperidine rings is 1. The van der Waals surface area contributed by atoms with Crippen molar-refractivity contribution in [3.8, 4) is 11.5 Å². The van der Waals surface area contributed by atoms with Gasteiger partial charge in [-0.25, -0.2) is 0 Å². The van der Waals surface area contributed by atoms with Gasteiger partial charge < -0.3 is 24.8 Å². The van der Waals surface area contributed by atoms with Gasteiger partial charge in [0.1, 0.15) is 0 Å². The van der Waals surface area contributed by atoms with Gasteiger partial charge in [0, 0.05) is 26.2 Å². The number of nitrogens with zero attached hydrogens (tertiary/aromatic N) is 1. The minimum atomic E-state index is -1.29. The first-order chi connectivity index (χ1) is 13.6. The molecule has 1 atom stereocenters. The smallest absolute Gasteiger partial charge is 0.255 e. The van der Waals surface area contributed by atoms with E-state index >= 15 is 0 Å². The highest BCUT2D eigenvalue weighted by atomic mass is 16.7. The van der Waals surface area contributed by atoms with Gasteiger partial charge in [-0.3, -0.25) is 4.79 Å². The molecule has 0 radical (unpaired) electrons. The minimum absolute atomic E-state index is 0.104. The molecule has 1 saturated carbocycles. The van der Waals surface area contributed by atoms with Gasteiger partial charge in [0.05, 0.1) is 0 Å². The highest BCUT2D eigenvalue weighted by Crippen LogP contribution is 2.32. The van der Waals surface area contributed by atoms with E-state index in [1.165, 1.54) is 32.1 Å². The first-order valence-corrected chi connectivity index (χ1v) is 10.7. The Labute approximate surface area is 167 Å². The zero-order valence-electron chi connectivity index (χ0n) is 16.6. The predicted molar refractivity (Wildman–Crippen MR) is 106 cm³/mol. The van der Waals surface area contributed by atoms with Crippen LogP contribution in [-0.2, 0) is 11.3 Å². The molecule has 0 spiro atoms. The van der Waals surface area contributed by atoms with Gasteiger partial charge in [-0.2, -0.15) is 0 Å². The number of hydrogen-bond acceptors (Lipinski definition) is 5. The molecule has 1 saturated heterocycles. The zero-order valence-corrected chi connectivity index (χ0v) is 16.6. The number of aliphatic hydroxyl groups is 1. The van der Waals surface area contributed by atoms with Crippen LogP contribution in [0.15, 0.2) is 18.2 Å². The third-order valence-electron chi connectivity index (χ3n) is 6.42. The van der Waals surface area contributed by atoms with Crippen LogP contribution >= 0.6 is 0 Å². The Morgan fingerprint density at radius 2 is 1.96 bits per heavy atom. The molecule has 0 unspecified atom stereocenters. The third-order valence-corrected chi connectivity index (χ3v) is 6.42. The van der Waals surface area contributed by atoms with Gasteiger partial charge >= 0.3 is 0 Å². The summed E-state index contributed by atoms with van der Waals surface area (Å²) in [4.78, 5) is 14.8. The number of rotatable bonds is 7. The second-order valence-corrected chi connectivity index (χ2v) is 8.51. The van der Waals surface area contributed by atoms with E-state index in [0.717, 1.165) is 48.9 Å². The highest BCUT2D eigenvalue weighted by Gasteiger charge is 2.41. The number of carbonyl (C=O) groups excluding carboxylic acids is 1. The van der Waals surface area contributed by atoms with Crippen molar-refractivity contribution in [2.24, 2.45) is 5.92 Å². The molecule has 4 rings (SSSR count). The van der Waals surface area contributed by atoms with Gasteiger partial charge in [-0.1, -0.05) is 38.2 Å². The van der Waals surface area contributed by atoms with Crippen molar-refractivity contribution in [2.75, 3.05) is 26.4 Å². The number of amides is 1. The molecule has 0 aromatic heterocycles. The van der Waals surface area contributed by atoms with E-state index in [9.17, 15) is 9.90 Å². The summed E-state index contributed by atoms with van der Waals surface area (Å²) in [5.74, 6) is 2.16. The van der Waals surface area contributed by atoms with Crippen molar-refractivity contribution in [3.05, 3.63) is 23.8 Å². The first kappa shape index (κ1) is 19.5. The number of likely N-dealkylation sites (tertiary alicyclic amines) is 1. The summed E-state index contributed by atoms with van der Waals surface area (Å²) >= 11 is 0. The van der Waals surface area contributed by atoms with Crippen LogP contribution in [0, 0.1) is 5.92 Å². The second-order valence-electron chi connectivity index (χ2n) is 8.51.